The topological polar surface area (TPSA) is 44.4 Å². The second-order valence-electron chi connectivity index (χ2n) is 4.57. The summed E-state index contributed by atoms with van der Waals surface area (Å²) in [5.74, 6) is 0.0331. The molecular weight excluding hydrogens is 247 g/mol. The van der Waals surface area contributed by atoms with Gasteiger partial charge in [0.15, 0.2) is 0 Å². The monoisotopic (exact) mass is 267 g/mol. The van der Waals surface area contributed by atoms with Gasteiger partial charge in [-0.1, -0.05) is 6.92 Å². The quantitative estimate of drug-likeness (QED) is 0.740. The summed E-state index contributed by atoms with van der Waals surface area (Å²) in [6.07, 6.45) is -3.24. The van der Waals surface area contributed by atoms with E-state index >= 15 is 0 Å². The number of carbonyl (C=O) groups excluding carboxylic acids is 1. The van der Waals surface area contributed by atoms with Gasteiger partial charge in [0.2, 0.25) is 5.91 Å². The highest BCUT2D eigenvalue weighted by atomic mass is 19.4. The molecule has 1 unspecified atom stereocenters. The van der Waals surface area contributed by atoms with Crippen LogP contribution in [0.25, 0.3) is 0 Å². The number of halogens is 3. The van der Waals surface area contributed by atoms with E-state index in [0.29, 0.717) is 12.5 Å². The molecule has 0 saturated carbocycles. The molecule has 18 heavy (non-hydrogen) atoms. The molecule has 1 amide bonds. The minimum Gasteiger partial charge on any atom is -0.355 e. The average molecular weight is 267 g/mol. The number of nitrogens with one attached hydrogen (secondary N) is 2. The summed E-state index contributed by atoms with van der Waals surface area (Å²) in [4.78, 5) is 13.6. The van der Waals surface area contributed by atoms with Crippen LogP contribution in [0, 0.1) is 5.92 Å². The van der Waals surface area contributed by atoms with Gasteiger partial charge in [0.1, 0.15) is 0 Å². The molecule has 106 valence electrons. The number of hydrogen-bond acceptors (Lipinski definition) is 3. The Kier molecular flexibility index (Phi) is 5.87. The molecule has 1 rings (SSSR count). The highest BCUT2D eigenvalue weighted by Gasteiger charge is 2.26. The number of amides is 1. The number of nitrogens with zero attached hydrogens (tertiary/aromatic N) is 1. The van der Waals surface area contributed by atoms with Crippen LogP contribution < -0.4 is 10.6 Å². The average Bonchev–Trinajstić information content (AvgIpc) is 2.72. The molecule has 4 nitrogen and oxygen atoms in total. The van der Waals surface area contributed by atoms with Crippen LogP contribution in [-0.4, -0.2) is 56.3 Å². The Bertz CT molecular complexity index is 271. The van der Waals surface area contributed by atoms with Crippen molar-refractivity contribution in [2.45, 2.75) is 19.5 Å². The Balaban J connectivity index is 2.07. The van der Waals surface area contributed by atoms with E-state index in [2.05, 4.69) is 22.5 Å². The second kappa shape index (κ2) is 6.94. The van der Waals surface area contributed by atoms with E-state index in [1.165, 1.54) is 0 Å². The molecule has 0 spiro atoms. The second-order valence-corrected chi connectivity index (χ2v) is 4.57. The van der Waals surface area contributed by atoms with E-state index in [0.717, 1.165) is 26.1 Å². The van der Waals surface area contributed by atoms with Gasteiger partial charge in [0.05, 0.1) is 13.1 Å². The van der Waals surface area contributed by atoms with E-state index in [4.69, 9.17) is 0 Å². The zero-order chi connectivity index (χ0) is 13.6. The number of hydrogen-bond donors (Lipinski definition) is 2. The summed E-state index contributed by atoms with van der Waals surface area (Å²) < 4.78 is 35.5. The van der Waals surface area contributed by atoms with Gasteiger partial charge in [-0.2, -0.15) is 13.2 Å². The predicted molar refractivity (Wildman–Crippen MR) is 62.2 cm³/mol. The molecule has 1 fully saturated rings. The molecule has 1 atom stereocenters. The Hall–Kier alpha value is -0.820. The van der Waals surface area contributed by atoms with E-state index in [9.17, 15) is 18.0 Å². The van der Waals surface area contributed by atoms with Gasteiger partial charge in [0, 0.05) is 13.1 Å². The van der Waals surface area contributed by atoms with E-state index < -0.39 is 12.7 Å². The minimum atomic E-state index is -4.27. The maximum atomic E-state index is 11.8. The first-order chi connectivity index (χ1) is 8.40. The van der Waals surface area contributed by atoms with Crippen LogP contribution in [0.1, 0.15) is 13.3 Å². The Morgan fingerprint density at radius 2 is 2.17 bits per heavy atom. The Labute approximate surface area is 105 Å². The van der Waals surface area contributed by atoms with Gasteiger partial charge in [-0.15, -0.1) is 0 Å². The Morgan fingerprint density at radius 1 is 1.44 bits per heavy atom. The molecule has 1 heterocycles. The fourth-order valence-electron chi connectivity index (χ4n) is 2.01. The number of likely N-dealkylation sites (tertiary alicyclic amines) is 1. The van der Waals surface area contributed by atoms with Gasteiger partial charge >= 0.3 is 6.18 Å². The molecule has 0 aliphatic carbocycles. The molecule has 0 aromatic heterocycles. The van der Waals surface area contributed by atoms with Crippen LogP contribution in [0.3, 0.4) is 0 Å². The van der Waals surface area contributed by atoms with Gasteiger partial charge in [-0.25, -0.2) is 0 Å². The third-order valence-corrected chi connectivity index (χ3v) is 3.02. The van der Waals surface area contributed by atoms with Crippen LogP contribution in [0.5, 0.6) is 0 Å². The van der Waals surface area contributed by atoms with Gasteiger partial charge in [0.25, 0.3) is 0 Å². The minimum absolute atomic E-state index is 0.288. The van der Waals surface area contributed by atoms with Crippen molar-refractivity contribution >= 4 is 5.91 Å². The molecule has 0 bridgehead atoms. The first-order valence-electron chi connectivity index (χ1n) is 6.17. The molecule has 1 aliphatic heterocycles. The summed E-state index contributed by atoms with van der Waals surface area (Å²) in [5, 5.41) is 4.73. The molecule has 2 N–H and O–H groups in total. The highest BCUT2D eigenvalue weighted by Crippen LogP contribution is 2.14. The van der Waals surface area contributed by atoms with Crippen LogP contribution >= 0.6 is 0 Å². The van der Waals surface area contributed by atoms with E-state index in [-0.39, 0.29) is 12.5 Å². The van der Waals surface area contributed by atoms with Gasteiger partial charge < -0.3 is 15.5 Å². The first-order valence-corrected chi connectivity index (χ1v) is 6.17. The summed E-state index contributed by atoms with van der Waals surface area (Å²) in [6, 6.07) is 0. The van der Waals surface area contributed by atoms with Crippen molar-refractivity contribution in [2.75, 3.05) is 39.3 Å². The summed E-state index contributed by atoms with van der Waals surface area (Å²) >= 11 is 0. The van der Waals surface area contributed by atoms with E-state index in [1.54, 1.807) is 0 Å². The third-order valence-electron chi connectivity index (χ3n) is 3.02. The largest absolute Gasteiger partial charge is 0.401 e. The zero-order valence-electron chi connectivity index (χ0n) is 10.5. The van der Waals surface area contributed by atoms with Crippen molar-refractivity contribution in [3.05, 3.63) is 0 Å². The van der Waals surface area contributed by atoms with Crippen LogP contribution in [0.15, 0.2) is 0 Å². The zero-order valence-corrected chi connectivity index (χ0v) is 10.5. The fourth-order valence-corrected chi connectivity index (χ4v) is 2.01. The lowest BCUT2D eigenvalue weighted by Gasteiger charge is -2.14. The number of rotatable bonds is 6. The summed E-state index contributed by atoms with van der Waals surface area (Å²) in [7, 11) is 0. The molecule has 0 radical (unpaired) electrons. The van der Waals surface area contributed by atoms with Gasteiger partial charge in [-0.05, 0) is 25.4 Å². The lowest BCUT2D eigenvalue weighted by atomic mass is 10.1. The van der Waals surface area contributed by atoms with Crippen molar-refractivity contribution < 1.29 is 18.0 Å². The van der Waals surface area contributed by atoms with Crippen molar-refractivity contribution in [2.24, 2.45) is 5.92 Å². The normalized spacial score (nSPS) is 21.2. The third kappa shape index (κ3) is 6.20. The number of carbonyl (C=O) groups is 1. The highest BCUT2D eigenvalue weighted by molar-refractivity contribution is 5.77. The molecule has 7 heteroatoms. The van der Waals surface area contributed by atoms with Crippen molar-refractivity contribution in [3.63, 3.8) is 0 Å². The van der Waals surface area contributed by atoms with Crippen LogP contribution in [0.2, 0.25) is 0 Å². The van der Waals surface area contributed by atoms with Crippen molar-refractivity contribution in [1.29, 1.82) is 0 Å². The Morgan fingerprint density at radius 3 is 2.72 bits per heavy atom. The fraction of sp³-hybridized carbons (Fsp3) is 0.909. The maximum absolute atomic E-state index is 11.8. The predicted octanol–water partition coefficient (Wildman–Crippen LogP) is 0.596. The molecular formula is C11H20F3N3O. The smallest absolute Gasteiger partial charge is 0.355 e. The summed E-state index contributed by atoms with van der Waals surface area (Å²) in [6.45, 7) is 4.19. The summed E-state index contributed by atoms with van der Waals surface area (Å²) in [5.41, 5.74) is 0. The lowest BCUT2D eigenvalue weighted by molar-refractivity contribution is -0.128. The maximum Gasteiger partial charge on any atom is 0.401 e. The number of alkyl halides is 3. The molecule has 0 aromatic rings. The SMILES string of the molecule is CCN1CCC(CNC(=O)CNCC(F)(F)F)C1. The first kappa shape index (κ1) is 15.2. The standard InChI is InChI=1S/C11H20F3N3O/c1-2-17-4-3-9(7-17)5-16-10(18)6-15-8-11(12,13)14/h9,15H,2-8H2,1H3,(H,16,18). The van der Waals surface area contributed by atoms with Crippen LogP contribution in [0.4, 0.5) is 13.2 Å². The molecule has 0 aromatic carbocycles. The van der Waals surface area contributed by atoms with Crippen molar-refractivity contribution in [1.82, 2.24) is 15.5 Å². The molecule has 1 aliphatic rings. The van der Waals surface area contributed by atoms with Gasteiger partial charge in [-0.3, -0.25) is 4.79 Å². The lowest BCUT2D eigenvalue weighted by Crippen LogP contribution is -2.40. The molecule has 1 saturated heterocycles. The van der Waals surface area contributed by atoms with Crippen LogP contribution in [-0.2, 0) is 4.79 Å². The van der Waals surface area contributed by atoms with E-state index in [1.807, 2.05) is 0 Å². The van der Waals surface area contributed by atoms with Crippen molar-refractivity contribution in [3.8, 4) is 0 Å².